The lowest BCUT2D eigenvalue weighted by molar-refractivity contribution is 1.14. The van der Waals surface area contributed by atoms with E-state index in [-0.39, 0.29) is 0 Å². The fraction of sp³-hybridized carbons (Fsp3) is 0.111. The van der Waals surface area contributed by atoms with Crippen LogP contribution in [0.3, 0.4) is 0 Å². The van der Waals surface area contributed by atoms with Crippen LogP contribution in [0.1, 0.15) is 23.6 Å². The minimum atomic E-state index is 0.641. The van der Waals surface area contributed by atoms with Crippen molar-refractivity contribution in [1.82, 2.24) is 0 Å². The highest BCUT2D eigenvalue weighted by Gasteiger charge is 1.94. The molecule has 0 saturated heterocycles. The fourth-order valence-electron chi connectivity index (χ4n) is 1.56. The van der Waals surface area contributed by atoms with Crippen molar-refractivity contribution in [2.24, 2.45) is 0 Å². The van der Waals surface area contributed by atoms with Crippen molar-refractivity contribution < 1.29 is 0 Å². The fourth-order valence-corrected chi connectivity index (χ4v) is 2.04. The monoisotopic (exact) mass is 304 g/mol. The molecule has 0 unspecified atom stereocenters. The third kappa shape index (κ3) is 5.24. The van der Waals surface area contributed by atoms with Gasteiger partial charge >= 0.3 is 0 Å². The molecule has 0 aliphatic heterocycles. The van der Waals surface area contributed by atoms with Gasteiger partial charge in [-0.25, -0.2) is 0 Å². The summed E-state index contributed by atoms with van der Waals surface area (Å²) in [6.45, 7) is 9.44. The second-order valence-electron chi connectivity index (χ2n) is 4.17. The Labute approximate surface area is 131 Å². The second-order valence-corrected chi connectivity index (χ2v) is 5.01. The van der Waals surface area contributed by atoms with Crippen LogP contribution in [0.15, 0.2) is 55.6 Å². The van der Waals surface area contributed by atoms with E-state index in [0.717, 1.165) is 12.0 Å². The van der Waals surface area contributed by atoms with Crippen LogP contribution in [-0.4, -0.2) is 0 Å². The Morgan fingerprint density at radius 1 is 0.950 bits per heavy atom. The van der Waals surface area contributed by atoms with Crippen molar-refractivity contribution in [3.63, 3.8) is 0 Å². The first-order valence-electron chi connectivity index (χ1n) is 6.39. The largest absolute Gasteiger partial charge is 0.0985 e. The Balaban J connectivity index is 0.000000200. The van der Waals surface area contributed by atoms with Crippen molar-refractivity contribution in [1.29, 1.82) is 0 Å². The zero-order valence-corrected chi connectivity index (χ0v) is 13.1. The van der Waals surface area contributed by atoms with E-state index < -0.39 is 0 Å². The first-order chi connectivity index (χ1) is 9.60. The molecule has 2 rings (SSSR count). The normalized spacial score (nSPS) is 9.35. The summed E-state index contributed by atoms with van der Waals surface area (Å²) in [5, 5.41) is 1.29. The van der Waals surface area contributed by atoms with Gasteiger partial charge in [-0.1, -0.05) is 85.8 Å². The van der Waals surface area contributed by atoms with Crippen LogP contribution in [0.25, 0.3) is 12.2 Å². The SMILES string of the molecule is C=Cc1ccc(CC)cc1.C=Cc1ccc(Cl)cc1Cl. The van der Waals surface area contributed by atoms with E-state index in [2.05, 4.69) is 44.3 Å². The van der Waals surface area contributed by atoms with Crippen LogP contribution >= 0.6 is 23.2 Å². The molecule has 0 N–H and O–H groups in total. The zero-order valence-electron chi connectivity index (χ0n) is 11.6. The lowest BCUT2D eigenvalue weighted by Crippen LogP contribution is -1.78. The molecule has 2 heteroatoms. The molecule has 0 aliphatic carbocycles. The molecule has 2 aromatic carbocycles. The molecule has 0 fully saturated rings. The van der Waals surface area contributed by atoms with E-state index in [4.69, 9.17) is 23.2 Å². The highest BCUT2D eigenvalue weighted by molar-refractivity contribution is 6.35. The van der Waals surface area contributed by atoms with Crippen molar-refractivity contribution in [2.75, 3.05) is 0 Å². The molecule has 2 aromatic rings. The molecule has 20 heavy (non-hydrogen) atoms. The highest BCUT2D eigenvalue weighted by atomic mass is 35.5. The molecule has 0 atom stereocenters. The van der Waals surface area contributed by atoms with E-state index >= 15 is 0 Å². The van der Waals surface area contributed by atoms with Gasteiger partial charge in [-0.3, -0.25) is 0 Å². The average Bonchev–Trinajstić information content (AvgIpc) is 2.48. The number of hydrogen-bond acceptors (Lipinski definition) is 0. The van der Waals surface area contributed by atoms with Crippen LogP contribution in [-0.2, 0) is 6.42 Å². The molecule has 104 valence electrons. The maximum absolute atomic E-state index is 5.77. The molecule has 0 saturated carbocycles. The smallest absolute Gasteiger partial charge is 0.0492 e. The summed E-state index contributed by atoms with van der Waals surface area (Å²) in [4.78, 5) is 0. The summed E-state index contributed by atoms with van der Waals surface area (Å²) in [6.07, 6.45) is 4.66. The maximum Gasteiger partial charge on any atom is 0.0492 e. The molecular weight excluding hydrogens is 287 g/mol. The van der Waals surface area contributed by atoms with E-state index in [9.17, 15) is 0 Å². The summed E-state index contributed by atoms with van der Waals surface area (Å²) >= 11 is 11.4. The van der Waals surface area contributed by atoms with Gasteiger partial charge in [0.15, 0.2) is 0 Å². The summed E-state index contributed by atoms with van der Waals surface area (Å²) in [5.41, 5.74) is 3.48. The van der Waals surface area contributed by atoms with Gasteiger partial charge in [-0.15, -0.1) is 0 Å². The van der Waals surface area contributed by atoms with Gasteiger partial charge in [0.25, 0.3) is 0 Å². The first-order valence-corrected chi connectivity index (χ1v) is 7.15. The molecular formula is C18H18Cl2. The maximum atomic E-state index is 5.77. The Hall–Kier alpha value is -1.50. The van der Waals surface area contributed by atoms with Crippen LogP contribution < -0.4 is 0 Å². The molecule has 0 nitrogen and oxygen atoms in total. The zero-order chi connectivity index (χ0) is 15.0. The Morgan fingerprint density at radius 3 is 2.05 bits per heavy atom. The molecule has 0 heterocycles. The van der Waals surface area contributed by atoms with Gasteiger partial charge in [-0.05, 0) is 35.2 Å². The minimum absolute atomic E-state index is 0.641. The minimum Gasteiger partial charge on any atom is -0.0985 e. The van der Waals surface area contributed by atoms with Crippen LogP contribution in [0.4, 0.5) is 0 Å². The molecule has 0 spiro atoms. The topological polar surface area (TPSA) is 0 Å². The van der Waals surface area contributed by atoms with Crippen LogP contribution in [0.5, 0.6) is 0 Å². The summed E-state index contributed by atoms with van der Waals surface area (Å²) in [5.74, 6) is 0. The molecule has 0 radical (unpaired) electrons. The molecule has 0 aromatic heterocycles. The van der Waals surface area contributed by atoms with Gasteiger partial charge in [0.1, 0.15) is 0 Å². The van der Waals surface area contributed by atoms with Crippen molar-refractivity contribution in [3.05, 3.63) is 82.4 Å². The number of aryl methyl sites for hydroxylation is 1. The summed E-state index contributed by atoms with van der Waals surface area (Å²) < 4.78 is 0. The number of hydrogen-bond donors (Lipinski definition) is 0. The summed E-state index contributed by atoms with van der Waals surface area (Å²) in [6, 6.07) is 13.8. The van der Waals surface area contributed by atoms with Gasteiger partial charge in [-0.2, -0.15) is 0 Å². The number of rotatable bonds is 3. The van der Waals surface area contributed by atoms with Crippen LogP contribution in [0.2, 0.25) is 10.0 Å². The quantitative estimate of drug-likeness (QED) is 0.605. The predicted octanol–water partition coefficient (Wildman–Crippen LogP) is 6.53. The lowest BCUT2D eigenvalue weighted by Gasteiger charge is -1.96. The van der Waals surface area contributed by atoms with E-state index in [1.807, 2.05) is 12.1 Å². The Bertz CT molecular complexity index is 568. The van der Waals surface area contributed by atoms with Gasteiger partial charge < -0.3 is 0 Å². The molecule has 0 amide bonds. The van der Waals surface area contributed by atoms with Gasteiger partial charge in [0, 0.05) is 10.0 Å². The number of halogens is 2. The third-order valence-corrected chi connectivity index (χ3v) is 3.37. The predicted molar refractivity (Wildman–Crippen MR) is 92.5 cm³/mol. The van der Waals surface area contributed by atoms with Crippen molar-refractivity contribution in [2.45, 2.75) is 13.3 Å². The van der Waals surface area contributed by atoms with Gasteiger partial charge in [0.05, 0.1) is 0 Å². The Kier molecular flexibility index (Phi) is 7.14. The Morgan fingerprint density at radius 2 is 1.60 bits per heavy atom. The van der Waals surface area contributed by atoms with E-state index in [1.165, 1.54) is 11.1 Å². The molecule has 0 bridgehead atoms. The molecule has 0 aliphatic rings. The first kappa shape index (κ1) is 16.6. The average molecular weight is 305 g/mol. The standard InChI is InChI=1S/C10H12.C8H6Cl2/c1-3-9-5-7-10(4-2)8-6-9;1-2-6-3-4-7(9)5-8(6)10/h3,5-8H,1,4H2,2H3;2-5H,1H2. The summed E-state index contributed by atoms with van der Waals surface area (Å²) in [7, 11) is 0. The van der Waals surface area contributed by atoms with E-state index in [1.54, 1.807) is 18.2 Å². The van der Waals surface area contributed by atoms with Crippen molar-refractivity contribution >= 4 is 35.4 Å². The van der Waals surface area contributed by atoms with Crippen molar-refractivity contribution in [3.8, 4) is 0 Å². The number of benzene rings is 2. The van der Waals surface area contributed by atoms with Gasteiger partial charge in [0.2, 0.25) is 0 Å². The lowest BCUT2D eigenvalue weighted by atomic mass is 10.1. The third-order valence-electron chi connectivity index (χ3n) is 2.81. The van der Waals surface area contributed by atoms with E-state index in [0.29, 0.717) is 10.0 Å². The second kappa shape index (κ2) is 8.63. The van der Waals surface area contributed by atoms with Crippen LogP contribution in [0, 0.1) is 0 Å². The highest BCUT2D eigenvalue weighted by Crippen LogP contribution is 2.21.